The fourth-order valence-corrected chi connectivity index (χ4v) is 2.65. The second-order valence-electron chi connectivity index (χ2n) is 4.93. The van der Waals surface area contributed by atoms with Crippen LogP contribution < -0.4 is 10.5 Å². The van der Waals surface area contributed by atoms with E-state index < -0.39 is 0 Å². The number of guanidine groups is 1. The molecule has 0 unspecified atom stereocenters. The van der Waals surface area contributed by atoms with Crippen LogP contribution in [0.15, 0.2) is 17.3 Å². The highest BCUT2D eigenvalue weighted by molar-refractivity contribution is 14.0. The van der Waals surface area contributed by atoms with Gasteiger partial charge in [0.25, 0.3) is 0 Å². The van der Waals surface area contributed by atoms with E-state index in [-0.39, 0.29) is 24.0 Å². The second kappa shape index (κ2) is 10.3. The van der Waals surface area contributed by atoms with E-state index in [9.17, 15) is 0 Å². The van der Waals surface area contributed by atoms with E-state index in [2.05, 4.69) is 14.9 Å². The van der Waals surface area contributed by atoms with Crippen molar-refractivity contribution in [3.8, 4) is 5.88 Å². The van der Waals surface area contributed by atoms with Crippen LogP contribution in [-0.2, 0) is 0 Å². The van der Waals surface area contributed by atoms with Gasteiger partial charge >= 0.3 is 0 Å². The molecule has 0 radical (unpaired) electrons. The van der Waals surface area contributed by atoms with Gasteiger partial charge < -0.3 is 15.4 Å². The van der Waals surface area contributed by atoms with Crippen molar-refractivity contribution in [2.24, 2.45) is 10.7 Å². The highest BCUT2D eigenvalue weighted by Crippen LogP contribution is 2.24. The van der Waals surface area contributed by atoms with Crippen LogP contribution in [0.25, 0.3) is 0 Å². The average molecular weight is 459 g/mol. The Morgan fingerprint density at radius 1 is 1.27 bits per heavy atom. The topological polar surface area (TPSA) is 63.7 Å². The van der Waals surface area contributed by atoms with E-state index in [0.29, 0.717) is 35.0 Å². The number of hydrogen-bond donors (Lipinski definition) is 1. The van der Waals surface area contributed by atoms with Crippen molar-refractivity contribution in [3.05, 3.63) is 22.3 Å². The Bertz CT molecular complexity index is 494. The summed E-state index contributed by atoms with van der Waals surface area (Å²) < 4.78 is 5.47. The van der Waals surface area contributed by atoms with Gasteiger partial charge in [0.2, 0.25) is 5.88 Å². The number of aliphatic imine (C=N–C) groups is 1. The molecule has 1 aliphatic heterocycles. The molecule has 0 aromatic carbocycles. The number of hydrogen-bond acceptors (Lipinski definition) is 3. The Labute approximate surface area is 158 Å². The molecule has 5 nitrogen and oxygen atoms in total. The Kier molecular flexibility index (Phi) is 9.19. The molecule has 1 aromatic rings. The van der Waals surface area contributed by atoms with Gasteiger partial charge in [0.15, 0.2) is 5.96 Å². The molecule has 0 atom stereocenters. The normalized spacial score (nSPS) is 15.9. The molecule has 2 heterocycles. The maximum absolute atomic E-state index is 6.01. The molecule has 0 amide bonds. The first-order valence-corrected chi connectivity index (χ1v) is 7.91. The summed E-state index contributed by atoms with van der Waals surface area (Å²) >= 11 is 11.7. The van der Waals surface area contributed by atoms with Gasteiger partial charge in [0.1, 0.15) is 11.6 Å². The van der Waals surface area contributed by atoms with Crippen molar-refractivity contribution >= 4 is 53.1 Å². The number of likely N-dealkylation sites (tertiary alicyclic amines) is 1. The molecule has 0 aliphatic carbocycles. The van der Waals surface area contributed by atoms with Crippen molar-refractivity contribution in [1.82, 2.24) is 9.88 Å². The zero-order valence-corrected chi connectivity index (χ0v) is 16.1. The first kappa shape index (κ1) is 19.6. The number of nitrogens with two attached hydrogens (primary N) is 1. The molecular weight excluding hydrogens is 438 g/mol. The van der Waals surface area contributed by atoms with E-state index in [1.807, 2.05) is 0 Å². The third-order valence-electron chi connectivity index (χ3n) is 3.31. The lowest BCUT2D eigenvalue weighted by molar-refractivity contribution is 0.315. The van der Waals surface area contributed by atoms with Gasteiger partial charge in [-0.2, -0.15) is 0 Å². The van der Waals surface area contributed by atoms with E-state index in [4.69, 9.17) is 33.7 Å². The fraction of sp³-hybridized carbons (Fsp3) is 0.571. The van der Waals surface area contributed by atoms with E-state index in [1.54, 1.807) is 6.07 Å². The van der Waals surface area contributed by atoms with Crippen LogP contribution in [0.2, 0.25) is 10.0 Å². The molecule has 1 aromatic heterocycles. The standard InChI is InChI=1S/C14H20Cl2N4O.HI/c15-11-9-12(16)13(19-10-11)21-8-5-18-14(17)20-6-3-1-2-4-7-20;/h9-10H,1-8H2,(H2,17,18);1H. The number of pyridine rings is 1. The number of halogens is 3. The quantitative estimate of drug-likeness (QED) is 0.324. The van der Waals surface area contributed by atoms with Gasteiger partial charge in [-0.1, -0.05) is 36.0 Å². The van der Waals surface area contributed by atoms with Crippen LogP contribution in [0.1, 0.15) is 25.7 Å². The summed E-state index contributed by atoms with van der Waals surface area (Å²) in [4.78, 5) is 10.5. The maximum atomic E-state index is 6.01. The summed E-state index contributed by atoms with van der Waals surface area (Å²) in [7, 11) is 0. The Hall–Kier alpha value is -0.470. The van der Waals surface area contributed by atoms with Crippen LogP contribution in [0.3, 0.4) is 0 Å². The zero-order valence-electron chi connectivity index (χ0n) is 12.3. The van der Waals surface area contributed by atoms with Gasteiger partial charge in [0, 0.05) is 19.3 Å². The SMILES string of the molecule is I.NC(=NCCOc1ncc(Cl)cc1Cl)N1CCCCCC1. The largest absolute Gasteiger partial charge is 0.475 e. The molecule has 0 bridgehead atoms. The Morgan fingerprint density at radius 3 is 2.59 bits per heavy atom. The molecule has 1 fully saturated rings. The highest BCUT2D eigenvalue weighted by atomic mass is 127. The first-order valence-electron chi connectivity index (χ1n) is 7.15. The van der Waals surface area contributed by atoms with Gasteiger partial charge in [-0.05, 0) is 18.9 Å². The lowest BCUT2D eigenvalue weighted by Crippen LogP contribution is -2.38. The van der Waals surface area contributed by atoms with Crippen LogP contribution in [0, 0.1) is 0 Å². The summed E-state index contributed by atoms with van der Waals surface area (Å²) in [6.07, 6.45) is 6.40. The summed E-state index contributed by atoms with van der Waals surface area (Å²) in [5.41, 5.74) is 6.01. The molecule has 22 heavy (non-hydrogen) atoms. The molecule has 1 aliphatic rings. The molecule has 2 rings (SSSR count). The minimum atomic E-state index is 0. The zero-order chi connectivity index (χ0) is 15.1. The third-order valence-corrected chi connectivity index (χ3v) is 3.79. The van der Waals surface area contributed by atoms with Crippen LogP contribution in [-0.4, -0.2) is 42.1 Å². The van der Waals surface area contributed by atoms with E-state index in [0.717, 1.165) is 13.1 Å². The second-order valence-corrected chi connectivity index (χ2v) is 5.77. The van der Waals surface area contributed by atoms with Crippen molar-refractivity contribution < 1.29 is 4.74 Å². The van der Waals surface area contributed by atoms with Crippen molar-refractivity contribution in [1.29, 1.82) is 0 Å². The number of aromatic nitrogens is 1. The van der Waals surface area contributed by atoms with Crippen LogP contribution in [0.5, 0.6) is 5.88 Å². The van der Waals surface area contributed by atoms with Crippen molar-refractivity contribution in [3.63, 3.8) is 0 Å². The fourth-order valence-electron chi connectivity index (χ4n) is 2.21. The number of ether oxygens (including phenoxy) is 1. The molecule has 8 heteroatoms. The lowest BCUT2D eigenvalue weighted by atomic mass is 10.2. The Balaban J connectivity index is 0.00000242. The minimum Gasteiger partial charge on any atom is -0.475 e. The minimum absolute atomic E-state index is 0. The van der Waals surface area contributed by atoms with E-state index >= 15 is 0 Å². The Morgan fingerprint density at radius 2 is 1.95 bits per heavy atom. The first-order chi connectivity index (χ1) is 10.2. The molecule has 124 valence electrons. The molecular formula is C14H21Cl2IN4O. The highest BCUT2D eigenvalue weighted by Gasteiger charge is 2.10. The van der Waals surface area contributed by atoms with Crippen molar-refractivity contribution in [2.45, 2.75) is 25.7 Å². The van der Waals surface area contributed by atoms with Crippen LogP contribution in [0.4, 0.5) is 0 Å². The smallest absolute Gasteiger partial charge is 0.232 e. The number of nitrogens with zero attached hydrogens (tertiary/aromatic N) is 3. The third kappa shape index (κ3) is 6.34. The average Bonchev–Trinajstić information content (AvgIpc) is 2.74. The van der Waals surface area contributed by atoms with Crippen molar-refractivity contribution in [2.75, 3.05) is 26.2 Å². The van der Waals surface area contributed by atoms with Gasteiger partial charge in [-0.15, -0.1) is 24.0 Å². The van der Waals surface area contributed by atoms with E-state index in [1.165, 1.54) is 31.9 Å². The lowest BCUT2D eigenvalue weighted by Gasteiger charge is -2.21. The molecule has 2 N–H and O–H groups in total. The number of rotatable bonds is 4. The van der Waals surface area contributed by atoms with Crippen LogP contribution >= 0.6 is 47.2 Å². The molecule has 0 saturated carbocycles. The molecule has 0 spiro atoms. The van der Waals surface area contributed by atoms with Gasteiger partial charge in [-0.3, -0.25) is 0 Å². The monoisotopic (exact) mass is 458 g/mol. The molecule has 1 saturated heterocycles. The summed E-state index contributed by atoms with van der Waals surface area (Å²) in [6, 6.07) is 1.60. The summed E-state index contributed by atoms with van der Waals surface area (Å²) in [5.74, 6) is 0.959. The van der Waals surface area contributed by atoms with Gasteiger partial charge in [0.05, 0.1) is 11.6 Å². The predicted octanol–water partition coefficient (Wildman–Crippen LogP) is 3.58. The summed E-state index contributed by atoms with van der Waals surface area (Å²) in [5, 5.41) is 0.878. The maximum Gasteiger partial charge on any atom is 0.232 e. The summed E-state index contributed by atoms with van der Waals surface area (Å²) in [6.45, 7) is 2.83. The van der Waals surface area contributed by atoms with Gasteiger partial charge in [-0.25, -0.2) is 9.98 Å². The predicted molar refractivity (Wildman–Crippen MR) is 102 cm³/mol.